The first-order valence-corrected chi connectivity index (χ1v) is 8.45. The first-order chi connectivity index (χ1) is 11.6. The Morgan fingerprint density at radius 3 is 1.88 bits per heavy atom. The van der Waals surface area contributed by atoms with Gasteiger partial charge in [-0.15, -0.1) is 0 Å². The number of hydrogen-bond donors (Lipinski definition) is 0. The fraction of sp³-hybridized carbons (Fsp3) is 0.350. The van der Waals surface area contributed by atoms with Crippen molar-refractivity contribution in [2.75, 3.05) is 0 Å². The van der Waals surface area contributed by atoms with Crippen LogP contribution in [0.25, 0.3) is 0 Å². The fourth-order valence-electron chi connectivity index (χ4n) is 4.26. The van der Waals surface area contributed by atoms with Gasteiger partial charge in [0.1, 0.15) is 11.6 Å². The minimum absolute atomic E-state index is 0.0000520. The second-order valence-electron chi connectivity index (χ2n) is 6.82. The second kappa shape index (κ2) is 6.00. The van der Waals surface area contributed by atoms with Crippen molar-refractivity contribution in [3.05, 3.63) is 71.3 Å². The summed E-state index contributed by atoms with van der Waals surface area (Å²) in [4.78, 5) is 14.8. The molecule has 0 radical (unpaired) electrons. The minimum atomic E-state index is -0.329. The summed E-state index contributed by atoms with van der Waals surface area (Å²) in [6.07, 6.45) is 3.84. The highest BCUT2D eigenvalue weighted by molar-refractivity contribution is 5.95. The van der Waals surface area contributed by atoms with Crippen LogP contribution >= 0.6 is 0 Å². The van der Waals surface area contributed by atoms with Crippen molar-refractivity contribution >= 4 is 5.91 Å². The lowest BCUT2D eigenvalue weighted by Crippen LogP contribution is -2.46. The van der Waals surface area contributed by atoms with Gasteiger partial charge in [-0.3, -0.25) is 4.79 Å². The highest BCUT2D eigenvalue weighted by Crippen LogP contribution is 2.43. The number of fused-ring (bicyclic) bond motifs is 2. The van der Waals surface area contributed by atoms with Gasteiger partial charge < -0.3 is 4.90 Å². The van der Waals surface area contributed by atoms with E-state index in [2.05, 4.69) is 0 Å². The van der Waals surface area contributed by atoms with E-state index in [4.69, 9.17) is 0 Å². The molecule has 2 heterocycles. The minimum Gasteiger partial charge on any atom is -0.333 e. The van der Waals surface area contributed by atoms with Crippen molar-refractivity contribution in [2.24, 2.45) is 0 Å². The lowest BCUT2D eigenvalue weighted by molar-refractivity contribution is 0.0571. The lowest BCUT2D eigenvalue weighted by atomic mass is 9.85. The topological polar surface area (TPSA) is 20.3 Å². The maximum absolute atomic E-state index is 13.1. The first kappa shape index (κ1) is 15.3. The number of halogens is 2. The normalized spacial score (nSPS) is 25.8. The van der Waals surface area contributed by atoms with Crippen molar-refractivity contribution in [3.8, 4) is 0 Å². The third-order valence-electron chi connectivity index (χ3n) is 5.40. The summed E-state index contributed by atoms with van der Waals surface area (Å²) in [5, 5.41) is 0. The zero-order valence-corrected chi connectivity index (χ0v) is 13.3. The van der Waals surface area contributed by atoms with Crippen LogP contribution in [-0.2, 0) is 0 Å². The molecular weight excluding hydrogens is 308 g/mol. The van der Waals surface area contributed by atoms with E-state index in [1.807, 2.05) is 17.0 Å². The summed E-state index contributed by atoms with van der Waals surface area (Å²) < 4.78 is 26.2. The predicted octanol–water partition coefficient (Wildman–Crippen LogP) is 4.52. The van der Waals surface area contributed by atoms with Gasteiger partial charge >= 0.3 is 0 Å². The van der Waals surface area contributed by atoms with E-state index < -0.39 is 0 Å². The van der Waals surface area contributed by atoms with E-state index in [-0.39, 0.29) is 29.6 Å². The zero-order chi connectivity index (χ0) is 16.7. The molecule has 2 aliphatic rings. The number of amides is 1. The number of carbonyl (C=O) groups excluding carboxylic acids is 1. The standard InChI is InChI=1S/C20H19F2NO/c21-16-5-1-13(2-6-16)15-11-18-9-10-19(12-15)23(18)20(24)14-3-7-17(22)8-4-14/h1-8,15,18-19H,9-12H2/t15?,18-,19+. The summed E-state index contributed by atoms with van der Waals surface area (Å²) in [7, 11) is 0. The molecule has 1 amide bonds. The van der Waals surface area contributed by atoms with Crippen molar-refractivity contribution < 1.29 is 13.6 Å². The maximum atomic E-state index is 13.1. The van der Waals surface area contributed by atoms with Gasteiger partial charge in [-0.05, 0) is 73.6 Å². The van der Waals surface area contributed by atoms with Crippen LogP contribution in [0.3, 0.4) is 0 Å². The number of hydrogen-bond acceptors (Lipinski definition) is 1. The second-order valence-corrected chi connectivity index (χ2v) is 6.82. The van der Waals surface area contributed by atoms with E-state index >= 15 is 0 Å². The van der Waals surface area contributed by atoms with Crippen LogP contribution in [0.5, 0.6) is 0 Å². The van der Waals surface area contributed by atoms with Crippen LogP contribution in [0, 0.1) is 11.6 Å². The summed E-state index contributed by atoms with van der Waals surface area (Å²) >= 11 is 0. The summed E-state index contributed by atoms with van der Waals surface area (Å²) in [5.41, 5.74) is 1.70. The summed E-state index contributed by atoms with van der Waals surface area (Å²) in [5.74, 6) is -0.171. The van der Waals surface area contributed by atoms with Gasteiger partial charge in [0, 0.05) is 17.6 Å². The third-order valence-corrected chi connectivity index (χ3v) is 5.40. The molecule has 2 aromatic rings. The van der Waals surface area contributed by atoms with E-state index in [9.17, 15) is 13.6 Å². The molecule has 2 aliphatic heterocycles. The molecule has 2 bridgehead atoms. The molecule has 0 saturated carbocycles. The van der Waals surface area contributed by atoms with E-state index in [0.29, 0.717) is 11.5 Å². The predicted molar refractivity (Wildman–Crippen MR) is 87.8 cm³/mol. The third kappa shape index (κ3) is 2.70. The molecule has 2 saturated heterocycles. The van der Waals surface area contributed by atoms with Crippen LogP contribution in [-0.4, -0.2) is 22.9 Å². The smallest absolute Gasteiger partial charge is 0.254 e. The molecule has 24 heavy (non-hydrogen) atoms. The Balaban J connectivity index is 1.53. The van der Waals surface area contributed by atoms with Crippen molar-refractivity contribution in [2.45, 2.75) is 43.7 Å². The molecule has 2 nitrogen and oxygen atoms in total. The largest absolute Gasteiger partial charge is 0.333 e. The van der Waals surface area contributed by atoms with Gasteiger partial charge in [0.25, 0.3) is 5.91 Å². The Morgan fingerprint density at radius 1 is 0.833 bits per heavy atom. The number of piperidine rings is 1. The Hall–Kier alpha value is -2.23. The van der Waals surface area contributed by atoms with Crippen LogP contribution < -0.4 is 0 Å². The Bertz CT molecular complexity index is 727. The molecule has 0 spiro atoms. The highest BCUT2D eigenvalue weighted by Gasteiger charge is 2.43. The Labute approximate surface area is 140 Å². The molecule has 124 valence electrons. The van der Waals surface area contributed by atoms with Crippen LogP contribution in [0.2, 0.25) is 0 Å². The SMILES string of the molecule is O=C(c1ccc(F)cc1)N1[C@@H]2CC[C@H]1CC(c1ccc(F)cc1)C2. The van der Waals surface area contributed by atoms with Crippen LogP contribution in [0.1, 0.15) is 47.5 Å². The van der Waals surface area contributed by atoms with Gasteiger partial charge in [-0.1, -0.05) is 12.1 Å². The van der Waals surface area contributed by atoms with E-state index in [0.717, 1.165) is 31.2 Å². The van der Waals surface area contributed by atoms with E-state index in [1.165, 1.54) is 24.3 Å². The van der Waals surface area contributed by atoms with Gasteiger partial charge in [0.15, 0.2) is 0 Å². The fourth-order valence-corrected chi connectivity index (χ4v) is 4.26. The number of benzene rings is 2. The molecule has 4 heteroatoms. The monoisotopic (exact) mass is 327 g/mol. The van der Waals surface area contributed by atoms with Crippen LogP contribution in [0.4, 0.5) is 8.78 Å². The molecule has 2 aromatic carbocycles. The number of nitrogens with zero attached hydrogens (tertiary/aromatic N) is 1. The average molecular weight is 327 g/mol. The van der Waals surface area contributed by atoms with Crippen molar-refractivity contribution in [1.29, 1.82) is 0 Å². The van der Waals surface area contributed by atoms with Gasteiger partial charge in [-0.2, -0.15) is 0 Å². The molecule has 0 aliphatic carbocycles. The lowest BCUT2D eigenvalue weighted by Gasteiger charge is -2.39. The molecule has 4 rings (SSSR count). The quantitative estimate of drug-likeness (QED) is 0.794. The molecule has 2 fully saturated rings. The molecular formula is C20H19F2NO. The van der Waals surface area contributed by atoms with Crippen molar-refractivity contribution in [1.82, 2.24) is 4.90 Å². The molecule has 0 aromatic heterocycles. The maximum Gasteiger partial charge on any atom is 0.254 e. The molecule has 3 atom stereocenters. The summed E-state index contributed by atoms with van der Waals surface area (Å²) in [6.45, 7) is 0. The molecule has 1 unspecified atom stereocenters. The zero-order valence-electron chi connectivity index (χ0n) is 13.3. The summed E-state index contributed by atoms with van der Waals surface area (Å²) in [6, 6.07) is 13.0. The highest BCUT2D eigenvalue weighted by atomic mass is 19.1. The number of rotatable bonds is 2. The average Bonchev–Trinajstić information content (AvgIpc) is 2.85. The van der Waals surface area contributed by atoms with Gasteiger partial charge in [0.05, 0.1) is 0 Å². The number of carbonyl (C=O) groups is 1. The van der Waals surface area contributed by atoms with Crippen molar-refractivity contribution in [3.63, 3.8) is 0 Å². The Kier molecular flexibility index (Phi) is 3.83. The van der Waals surface area contributed by atoms with Gasteiger partial charge in [-0.25, -0.2) is 8.78 Å². The molecule has 0 N–H and O–H groups in total. The van der Waals surface area contributed by atoms with E-state index in [1.54, 1.807) is 12.1 Å². The first-order valence-electron chi connectivity index (χ1n) is 8.45. The van der Waals surface area contributed by atoms with Gasteiger partial charge in [0.2, 0.25) is 0 Å². The van der Waals surface area contributed by atoms with Crippen LogP contribution in [0.15, 0.2) is 48.5 Å². The Morgan fingerprint density at radius 2 is 1.33 bits per heavy atom.